The SMILES string of the molecule is CN(C(=O)Oc1c(-c2ccc(Cl)cc2)cc(C(F)(F)F)n1Cc1ccccc1)C1CCOCC1. The minimum Gasteiger partial charge on any atom is -0.392 e. The third kappa shape index (κ3) is 5.39. The van der Waals surface area contributed by atoms with Gasteiger partial charge >= 0.3 is 12.3 Å². The van der Waals surface area contributed by atoms with Crippen LogP contribution in [0.3, 0.4) is 0 Å². The molecule has 0 unspecified atom stereocenters. The average molecular weight is 493 g/mol. The monoisotopic (exact) mass is 492 g/mol. The lowest BCUT2D eigenvalue weighted by Gasteiger charge is -2.30. The first-order chi connectivity index (χ1) is 16.2. The number of carbonyl (C=O) groups excluding carboxylic acids is 1. The molecular formula is C25H24ClF3N2O3. The first kappa shape index (κ1) is 24.2. The number of amides is 1. The summed E-state index contributed by atoms with van der Waals surface area (Å²) in [7, 11) is 1.59. The van der Waals surface area contributed by atoms with Crippen LogP contribution in [0.4, 0.5) is 18.0 Å². The number of halogens is 4. The van der Waals surface area contributed by atoms with Crippen LogP contribution < -0.4 is 4.74 Å². The van der Waals surface area contributed by atoms with Crippen LogP contribution in [-0.2, 0) is 17.5 Å². The van der Waals surface area contributed by atoms with Gasteiger partial charge < -0.3 is 18.9 Å². The molecule has 0 bridgehead atoms. The Kier molecular flexibility index (Phi) is 7.19. The highest BCUT2D eigenvalue weighted by molar-refractivity contribution is 6.30. The van der Waals surface area contributed by atoms with Gasteiger partial charge in [0.2, 0.25) is 5.88 Å². The van der Waals surface area contributed by atoms with E-state index in [2.05, 4.69) is 0 Å². The maximum Gasteiger partial charge on any atom is 0.431 e. The van der Waals surface area contributed by atoms with E-state index in [0.717, 1.165) is 10.6 Å². The Bertz CT molecular complexity index is 1120. The Labute approximate surface area is 200 Å². The molecule has 0 spiro atoms. The molecule has 1 aliphatic rings. The lowest BCUT2D eigenvalue weighted by Crippen LogP contribution is -2.42. The van der Waals surface area contributed by atoms with Gasteiger partial charge in [0.1, 0.15) is 5.69 Å². The fourth-order valence-corrected chi connectivity index (χ4v) is 4.14. The van der Waals surface area contributed by atoms with E-state index >= 15 is 0 Å². The molecule has 2 aromatic carbocycles. The lowest BCUT2D eigenvalue weighted by atomic mass is 10.1. The maximum absolute atomic E-state index is 14.1. The van der Waals surface area contributed by atoms with Crippen LogP contribution in [0.2, 0.25) is 5.02 Å². The number of ether oxygens (including phenoxy) is 2. The second-order valence-corrected chi connectivity index (χ2v) is 8.58. The number of hydrogen-bond acceptors (Lipinski definition) is 3. The standard InChI is InChI=1S/C25H24ClF3N2O3/c1-30(20-11-13-33-14-12-20)24(32)34-23-21(18-7-9-19(26)10-8-18)15-22(25(27,28)29)31(23)16-17-5-3-2-4-6-17/h2-10,15,20H,11-14,16H2,1H3. The van der Waals surface area contributed by atoms with Gasteiger partial charge in [-0.25, -0.2) is 4.79 Å². The molecule has 1 aliphatic heterocycles. The molecule has 34 heavy (non-hydrogen) atoms. The first-order valence-corrected chi connectivity index (χ1v) is 11.2. The number of hydrogen-bond donors (Lipinski definition) is 0. The third-order valence-electron chi connectivity index (χ3n) is 5.89. The van der Waals surface area contributed by atoms with Crippen molar-refractivity contribution in [3.8, 4) is 17.0 Å². The Morgan fingerprint density at radius 1 is 1.12 bits per heavy atom. The van der Waals surface area contributed by atoms with Gasteiger partial charge in [-0.1, -0.05) is 54.1 Å². The number of benzene rings is 2. The molecule has 3 aromatic rings. The Hall–Kier alpha value is -2.97. The van der Waals surface area contributed by atoms with E-state index in [4.69, 9.17) is 21.1 Å². The molecule has 0 atom stereocenters. The van der Waals surface area contributed by atoms with E-state index in [-0.39, 0.29) is 24.0 Å². The average Bonchev–Trinajstić information content (AvgIpc) is 3.18. The van der Waals surface area contributed by atoms with Crippen molar-refractivity contribution in [1.82, 2.24) is 9.47 Å². The number of aromatic nitrogens is 1. The van der Waals surface area contributed by atoms with Crippen LogP contribution >= 0.6 is 11.6 Å². The van der Waals surface area contributed by atoms with Crippen LogP contribution in [0, 0.1) is 0 Å². The van der Waals surface area contributed by atoms with Crippen molar-refractivity contribution in [3.63, 3.8) is 0 Å². The van der Waals surface area contributed by atoms with Gasteiger partial charge in [-0.15, -0.1) is 0 Å². The molecule has 4 rings (SSSR count). The zero-order chi connectivity index (χ0) is 24.3. The number of rotatable bonds is 5. The van der Waals surface area contributed by atoms with E-state index in [0.29, 0.717) is 42.2 Å². The molecule has 1 saturated heterocycles. The topological polar surface area (TPSA) is 43.7 Å². The highest BCUT2D eigenvalue weighted by Crippen LogP contribution is 2.41. The predicted octanol–water partition coefficient (Wildman–Crippen LogP) is 6.49. The summed E-state index contributed by atoms with van der Waals surface area (Å²) in [6.45, 7) is 0.911. The fraction of sp³-hybridized carbons (Fsp3) is 0.320. The fourth-order valence-electron chi connectivity index (χ4n) is 4.01. The van der Waals surface area contributed by atoms with Gasteiger partial charge in [-0.3, -0.25) is 0 Å². The van der Waals surface area contributed by atoms with Gasteiger partial charge in [0.25, 0.3) is 0 Å². The Morgan fingerprint density at radius 3 is 2.38 bits per heavy atom. The molecule has 1 amide bonds. The summed E-state index contributed by atoms with van der Waals surface area (Å²) in [6.07, 6.45) is -4.11. The summed E-state index contributed by atoms with van der Waals surface area (Å²) in [5.41, 5.74) is 0.353. The molecule has 0 saturated carbocycles. The first-order valence-electron chi connectivity index (χ1n) is 10.9. The third-order valence-corrected chi connectivity index (χ3v) is 6.14. The van der Waals surface area contributed by atoms with Gasteiger partial charge in [0.15, 0.2) is 0 Å². The van der Waals surface area contributed by atoms with E-state index in [9.17, 15) is 18.0 Å². The molecule has 2 heterocycles. The molecule has 1 fully saturated rings. The summed E-state index contributed by atoms with van der Waals surface area (Å²) in [4.78, 5) is 14.5. The van der Waals surface area contributed by atoms with Gasteiger partial charge in [0, 0.05) is 36.9 Å². The number of alkyl halides is 3. The second kappa shape index (κ2) is 10.1. The molecule has 9 heteroatoms. The van der Waals surface area contributed by atoms with Crippen LogP contribution in [-0.4, -0.2) is 41.9 Å². The van der Waals surface area contributed by atoms with Crippen LogP contribution in [0.15, 0.2) is 60.7 Å². The molecular weight excluding hydrogens is 469 g/mol. The van der Waals surface area contributed by atoms with Crippen molar-refractivity contribution >= 4 is 17.7 Å². The predicted molar refractivity (Wildman–Crippen MR) is 123 cm³/mol. The van der Waals surface area contributed by atoms with E-state index in [1.165, 1.54) is 4.90 Å². The summed E-state index contributed by atoms with van der Waals surface area (Å²) < 4.78 is 54.4. The minimum absolute atomic E-state index is 0.111. The van der Waals surface area contributed by atoms with Crippen molar-refractivity contribution in [2.45, 2.75) is 31.6 Å². The summed E-state index contributed by atoms with van der Waals surface area (Å²) >= 11 is 5.98. The quantitative estimate of drug-likeness (QED) is 0.409. The smallest absolute Gasteiger partial charge is 0.392 e. The molecule has 0 radical (unpaired) electrons. The van der Waals surface area contributed by atoms with Crippen LogP contribution in [0.25, 0.3) is 11.1 Å². The van der Waals surface area contributed by atoms with E-state index in [1.54, 1.807) is 61.6 Å². The zero-order valence-corrected chi connectivity index (χ0v) is 19.3. The van der Waals surface area contributed by atoms with E-state index < -0.39 is 18.0 Å². The summed E-state index contributed by atoms with van der Waals surface area (Å²) in [5, 5.41) is 0.446. The van der Waals surface area contributed by atoms with Crippen LogP contribution in [0.5, 0.6) is 5.88 Å². The van der Waals surface area contributed by atoms with Crippen molar-refractivity contribution in [2.24, 2.45) is 0 Å². The number of carbonyl (C=O) groups is 1. The molecule has 1 aromatic heterocycles. The van der Waals surface area contributed by atoms with Crippen molar-refractivity contribution in [2.75, 3.05) is 20.3 Å². The second-order valence-electron chi connectivity index (χ2n) is 8.15. The summed E-state index contributed by atoms with van der Waals surface area (Å²) in [6, 6.07) is 16.0. The van der Waals surface area contributed by atoms with Gasteiger partial charge in [0.05, 0.1) is 6.54 Å². The molecule has 5 nitrogen and oxygen atoms in total. The largest absolute Gasteiger partial charge is 0.431 e. The summed E-state index contributed by atoms with van der Waals surface area (Å²) in [5.74, 6) is -0.164. The van der Waals surface area contributed by atoms with E-state index in [1.807, 2.05) is 0 Å². The highest BCUT2D eigenvalue weighted by Gasteiger charge is 2.38. The van der Waals surface area contributed by atoms with Gasteiger partial charge in [-0.2, -0.15) is 13.2 Å². The minimum atomic E-state index is -4.66. The van der Waals surface area contributed by atoms with Crippen molar-refractivity contribution in [3.05, 3.63) is 76.9 Å². The molecule has 0 aliphatic carbocycles. The van der Waals surface area contributed by atoms with Crippen LogP contribution in [0.1, 0.15) is 24.1 Å². The Balaban J connectivity index is 1.79. The van der Waals surface area contributed by atoms with Crippen molar-refractivity contribution in [1.29, 1.82) is 0 Å². The maximum atomic E-state index is 14.1. The molecule has 0 N–H and O–H groups in total. The normalized spacial score (nSPS) is 14.7. The highest BCUT2D eigenvalue weighted by atomic mass is 35.5. The molecule has 180 valence electrons. The Morgan fingerprint density at radius 2 is 1.76 bits per heavy atom. The lowest BCUT2D eigenvalue weighted by molar-refractivity contribution is -0.143. The number of nitrogens with zero attached hydrogens (tertiary/aromatic N) is 2. The van der Waals surface area contributed by atoms with Gasteiger partial charge in [-0.05, 0) is 42.2 Å². The van der Waals surface area contributed by atoms with Crippen molar-refractivity contribution < 1.29 is 27.4 Å². The zero-order valence-electron chi connectivity index (χ0n) is 18.5.